The Labute approximate surface area is 201 Å². The van der Waals surface area contributed by atoms with Crippen LogP contribution in [-0.2, 0) is 26.3 Å². The van der Waals surface area contributed by atoms with Gasteiger partial charge in [-0.3, -0.25) is 9.59 Å². The van der Waals surface area contributed by atoms with Crippen LogP contribution in [0.5, 0.6) is 0 Å². The van der Waals surface area contributed by atoms with Crippen LogP contribution in [0.2, 0.25) is 0 Å². The molecule has 2 aromatic carbocycles. The molecular formula is C24H33FN4O4S. The summed E-state index contributed by atoms with van der Waals surface area (Å²) < 4.78 is 41.4. The van der Waals surface area contributed by atoms with Crippen molar-refractivity contribution in [2.75, 3.05) is 31.5 Å². The van der Waals surface area contributed by atoms with E-state index in [9.17, 15) is 22.4 Å². The van der Waals surface area contributed by atoms with E-state index in [0.717, 1.165) is 38.3 Å². The zero-order chi connectivity index (χ0) is 25.5. The molecule has 0 unspecified atom stereocenters. The zero-order valence-electron chi connectivity index (χ0n) is 20.3. The van der Waals surface area contributed by atoms with Gasteiger partial charge in [0.2, 0.25) is 11.8 Å². The highest BCUT2D eigenvalue weighted by molar-refractivity contribution is 7.90. The minimum atomic E-state index is -4.08. The van der Waals surface area contributed by atoms with Crippen molar-refractivity contribution < 1.29 is 22.4 Å². The number of amides is 2. The predicted molar refractivity (Wildman–Crippen MR) is 131 cm³/mol. The second-order valence-electron chi connectivity index (χ2n) is 8.19. The fourth-order valence-electron chi connectivity index (χ4n) is 3.27. The van der Waals surface area contributed by atoms with E-state index in [1.54, 1.807) is 6.92 Å². The molecule has 2 aromatic rings. The van der Waals surface area contributed by atoms with Gasteiger partial charge in [0.15, 0.2) is 0 Å². The smallest absolute Gasteiger partial charge is 0.304 e. The Morgan fingerprint density at radius 2 is 1.68 bits per heavy atom. The lowest BCUT2D eigenvalue weighted by atomic mass is 10.1. The van der Waals surface area contributed by atoms with Crippen LogP contribution in [0.15, 0.2) is 48.5 Å². The highest BCUT2D eigenvalue weighted by atomic mass is 32.2. The Bertz CT molecular complexity index is 1090. The first-order chi connectivity index (χ1) is 16.0. The van der Waals surface area contributed by atoms with Crippen molar-refractivity contribution in [3.05, 3.63) is 65.5 Å². The minimum Gasteiger partial charge on any atom is -0.354 e. The Kier molecular flexibility index (Phi) is 9.57. The van der Waals surface area contributed by atoms with Crippen LogP contribution in [0.25, 0.3) is 0 Å². The number of carbonyl (C=O) groups excluding carboxylic acids is 2. The number of rotatable bonds is 11. The number of halogens is 1. The van der Waals surface area contributed by atoms with Gasteiger partial charge in [-0.2, -0.15) is 12.7 Å². The van der Waals surface area contributed by atoms with Gasteiger partial charge in [-0.05, 0) is 55.7 Å². The van der Waals surface area contributed by atoms with Crippen molar-refractivity contribution in [2.24, 2.45) is 0 Å². The number of nitrogens with one attached hydrogen (secondary N) is 1. The molecule has 0 aliphatic heterocycles. The van der Waals surface area contributed by atoms with E-state index in [-0.39, 0.29) is 18.1 Å². The van der Waals surface area contributed by atoms with Crippen LogP contribution in [-0.4, -0.2) is 62.7 Å². The molecule has 0 saturated heterocycles. The third-order valence-corrected chi connectivity index (χ3v) is 7.27. The van der Waals surface area contributed by atoms with Gasteiger partial charge in [-0.25, -0.2) is 8.70 Å². The third kappa shape index (κ3) is 6.77. The Morgan fingerprint density at radius 1 is 1.06 bits per heavy atom. The van der Waals surface area contributed by atoms with Crippen LogP contribution in [0.1, 0.15) is 31.4 Å². The average molecular weight is 493 g/mol. The Morgan fingerprint density at radius 3 is 2.24 bits per heavy atom. The first-order valence-corrected chi connectivity index (χ1v) is 12.5. The normalized spacial score (nSPS) is 12.3. The van der Waals surface area contributed by atoms with Gasteiger partial charge in [-0.1, -0.05) is 31.2 Å². The molecule has 0 fully saturated rings. The molecule has 0 saturated carbocycles. The molecule has 0 aromatic heterocycles. The number of hydrogen-bond acceptors (Lipinski definition) is 4. The van der Waals surface area contributed by atoms with Crippen LogP contribution in [0.3, 0.4) is 0 Å². The van der Waals surface area contributed by atoms with Gasteiger partial charge in [0.25, 0.3) is 0 Å². The highest BCUT2D eigenvalue weighted by Crippen LogP contribution is 2.21. The van der Waals surface area contributed by atoms with Crippen molar-refractivity contribution in [3.63, 3.8) is 0 Å². The van der Waals surface area contributed by atoms with Crippen molar-refractivity contribution in [1.29, 1.82) is 0 Å². The van der Waals surface area contributed by atoms with E-state index in [2.05, 4.69) is 5.32 Å². The molecule has 186 valence electrons. The number of benzene rings is 2. The monoisotopic (exact) mass is 492 g/mol. The maximum Gasteiger partial charge on any atom is 0.304 e. The molecule has 10 heteroatoms. The van der Waals surface area contributed by atoms with E-state index in [0.29, 0.717) is 6.54 Å². The maximum atomic E-state index is 13.5. The van der Waals surface area contributed by atoms with Crippen LogP contribution >= 0.6 is 0 Å². The van der Waals surface area contributed by atoms with Crippen LogP contribution in [0, 0.1) is 12.7 Å². The molecule has 0 bridgehead atoms. The maximum absolute atomic E-state index is 13.5. The number of carbonyl (C=O) groups is 2. The molecule has 0 heterocycles. The quantitative estimate of drug-likeness (QED) is 0.522. The molecule has 1 N–H and O–H groups in total. The molecule has 34 heavy (non-hydrogen) atoms. The summed E-state index contributed by atoms with van der Waals surface area (Å²) in [5.41, 5.74) is 1.93. The molecule has 1 atom stereocenters. The second-order valence-corrected chi connectivity index (χ2v) is 10.3. The molecule has 0 aliphatic carbocycles. The third-order valence-electron chi connectivity index (χ3n) is 5.45. The molecule has 0 aliphatic rings. The summed E-state index contributed by atoms with van der Waals surface area (Å²) in [4.78, 5) is 27.7. The predicted octanol–water partition coefficient (Wildman–Crippen LogP) is 2.69. The van der Waals surface area contributed by atoms with Gasteiger partial charge in [0, 0.05) is 27.2 Å². The average Bonchev–Trinajstić information content (AvgIpc) is 2.80. The topological polar surface area (TPSA) is 90.0 Å². The van der Waals surface area contributed by atoms with Gasteiger partial charge >= 0.3 is 10.2 Å². The summed E-state index contributed by atoms with van der Waals surface area (Å²) in [7, 11) is -1.38. The second kappa shape index (κ2) is 11.9. The van der Waals surface area contributed by atoms with Gasteiger partial charge in [0.05, 0.1) is 5.69 Å². The fourth-order valence-corrected chi connectivity index (χ4v) is 4.33. The largest absolute Gasteiger partial charge is 0.354 e. The molecule has 0 spiro atoms. The minimum absolute atomic E-state index is 0.130. The van der Waals surface area contributed by atoms with E-state index in [4.69, 9.17) is 0 Å². The van der Waals surface area contributed by atoms with Gasteiger partial charge in [-0.15, -0.1) is 0 Å². The van der Waals surface area contributed by atoms with Crippen molar-refractivity contribution in [3.8, 4) is 0 Å². The van der Waals surface area contributed by atoms with Crippen LogP contribution in [0.4, 0.5) is 10.1 Å². The molecule has 8 nitrogen and oxygen atoms in total. The first kappa shape index (κ1) is 27.3. The summed E-state index contributed by atoms with van der Waals surface area (Å²) in [6.45, 7) is 5.49. The number of aryl methyl sites for hydroxylation is 1. The number of nitrogens with zero attached hydrogens (tertiary/aromatic N) is 3. The lowest BCUT2D eigenvalue weighted by molar-refractivity contribution is -0.139. The summed E-state index contributed by atoms with van der Waals surface area (Å²) in [6.07, 6.45) is 0.740. The Balaban J connectivity index is 2.44. The molecular weight excluding hydrogens is 459 g/mol. The summed E-state index contributed by atoms with van der Waals surface area (Å²) >= 11 is 0. The first-order valence-electron chi connectivity index (χ1n) is 11.1. The SMILES string of the molecule is CCCNC(=O)[C@H](C)N(Cc1ccccc1C)C(=O)CN(c1ccc(F)cc1)S(=O)(=O)N(C)C. The van der Waals surface area contributed by atoms with Crippen LogP contribution < -0.4 is 9.62 Å². The van der Waals surface area contributed by atoms with Crippen molar-refractivity contribution in [1.82, 2.24) is 14.5 Å². The van der Waals surface area contributed by atoms with Gasteiger partial charge in [0.1, 0.15) is 18.4 Å². The Hall–Kier alpha value is -2.98. The highest BCUT2D eigenvalue weighted by Gasteiger charge is 2.32. The van der Waals surface area contributed by atoms with E-state index < -0.39 is 34.5 Å². The van der Waals surface area contributed by atoms with E-state index in [1.165, 1.54) is 31.1 Å². The summed E-state index contributed by atoms with van der Waals surface area (Å²) in [5, 5.41) is 2.79. The summed E-state index contributed by atoms with van der Waals surface area (Å²) in [6, 6.07) is 11.5. The van der Waals surface area contributed by atoms with E-state index >= 15 is 0 Å². The molecule has 2 amide bonds. The zero-order valence-corrected chi connectivity index (χ0v) is 21.1. The van der Waals surface area contributed by atoms with Gasteiger partial charge < -0.3 is 10.2 Å². The molecule has 0 radical (unpaired) electrons. The van der Waals surface area contributed by atoms with Crippen molar-refractivity contribution in [2.45, 2.75) is 39.8 Å². The fraction of sp³-hybridized carbons (Fsp3) is 0.417. The molecule has 2 rings (SSSR count). The van der Waals surface area contributed by atoms with Crippen molar-refractivity contribution >= 4 is 27.7 Å². The lowest BCUT2D eigenvalue weighted by Gasteiger charge is -2.33. The number of anilines is 1. The summed E-state index contributed by atoms with van der Waals surface area (Å²) in [5.74, 6) is -1.41. The lowest BCUT2D eigenvalue weighted by Crippen LogP contribution is -2.52. The standard InChI is InChI=1S/C24H33FN4O4S/c1-6-15-26-24(31)19(3)28(16-20-10-8-7-9-18(20)2)23(30)17-29(34(32,33)27(4)5)22-13-11-21(25)12-14-22/h7-14,19H,6,15-17H2,1-5H3,(H,26,31)/t19-/m0/s1. The van der Waals surface area contributed by atoms with E-state index in [1.807, 2.05) is 38.1 Å². The number of hydrogen-bond donors (Lipinski definition) is 1.